The molecular formula is C24H18Cl2N2O3. The van der Waals surface area contributed by atoms with Crippen LogP contribution in [0.25, 0.3) is 5.57 Å². The molecule has 4 rings (SSSR count). The first-order chi connectivity index (χ1) is 14.9. The summed E-state index contributed by atoms with van der Waals surface area (Å²) in [6, 6.07) is 19.0. The second-order valence-electron chi connectivity index (χ2n) is 6.91. The summed E-state index contributed by atoms with van der Waals surface area (Å²) >= 11 is 12.5. The Labute approximate surface area is 189 Å². The van der Waals surface area contributed by atoms with E-state index in [1.165, 1.54) is 0 Å². The Morgan fingerprint density at radius 1 is 0.839 bits per heavy atom. The van der Waals surface area contributed by atoms with Crippen molar-refractivity contribution in [2.45, 2.75) is 6.92 Å². The van der Waals surface area contributed by atoms with Gasteiger partial charge in [0.25, 0.3) is 11.8 Å². The van der Waals surface area contributed by atoms with E-state index in [0.717, 1.165) is 10.5 Å². The van der Waals surface area contributed by atoms with E-state index >= 15 is 0 Å². The minimum Gasteiger partial charge on any atom is -0.497 e. The number of carbonyl (C=O) groups is 2. The van der Waals surface area contributed by atoms with Crippen molar-refractivity contribution in [3.8, 4) is 5.75 Å². The van der Waals surface area contributed by atoms with Crippen molar-refractivity contribution in [2.75, 3.05) is 17.3 Å². The number of hydrogen-bond acceptors (Lipinski definition) is 4. The fraction of sp³-hybridized carbons (Fsp3) is 0.0833. The maximum Gasteiger partial charge on any atom is 0.282 e. The van der Waals surface area contributed by atoms with Crippen molar-refractivity contribution in [2.24, 2.45) is 0 Å². The van der Waals surface area contributed by atoms with Gasteiger partial charge in [0.15, 0.2) is 0 Å². The Hall–Kier alpha value is -3.28. The molecule has 0 saturated carbocycles. The third-order valence-corrected chi connectivity index (χ3v) is 5.81. The topological polar surface area (TPSA) is 58.6 Å². The number of hydrogen-bond donors (Lipinski definition) is 1. The lowest BCUT2D eigenvalue weighted by Gasteiger charge is -2.17. The quantitative estimate of drug-likeness (QED) is 0.503. The first kappa shape index (κ1) is 21.0. The average Bonchev–Trinajstić information content (AvgIpc) is 3.01. The summed E-state index contributed by atoms with van der Waals surface area (Å²) in [7, 11) is 1.56. The lowest BCUT2D eigenvalue weighted by Crippen LogP contribution is -2.32. The highest BCUT2D eigenvalue weighted by atomic mass is 35.5. The standard InChI is InChI=1S/C24H18Cl2N2O3/c1-14-17(25)7-5-8-19(14)27-22-21(15-10-12-16(31-2)13-11-15)23(29)28(24(22)30)20-9-4-3-6-18(20)26/h3-13,27H,1-2H3. The molecule has 0 aliphatic carbocycles. The van der Waals surface area contributed by atoms with Gasteiger partial charge in [0.1, 0.15) is 11.4 Å². The van der Waals surface area contributed by atoms with Crippen molar-refractivity contribution in [1.29, 1.82) is 0 Å². The van der Waals surface area contributed by atoms with E-state index in [-0.39, 0.29) is 11.3 Å². The molecule has 31 heavy (non-hydrogen) atoms. The highest BCUT2D eigenvalue weighted by molar-refractivity contribution is 6.48. The van der Waals surface area contributed by atoms with Gasteiger partial charge in [-0.2, -0.15) is 0 Å². The first-order valence-corrected chi connectivity index (χ1v) is 10.2. The monoisotopic (exact) mass is 452 g/mol. The zero-order chi connectivity index (χ0) is 22.1. The van der Waals surface area contributed by atoms with Gasteiger partial charge in [-0.15, -0.1) is 0 Å². The minimum absolute atomic E-state index is 0.153. The van der Waals surface area contributed by atoms with Crippen molar-refractivity contribution < 1.29 is 14.3 Å². The lowest BCUT2D eigenvalue weighted by molar-refractivity contribution is -0.120. The summed E-state index contributed by atoms with van der Waals surface area (Å²) in [5, 5.41) is 3.99. The van der Waals surface area contributed by atoms with Gasteiger partial charge in [-0.05, 0) is 54.4 Å². The number of nitrogens with one attached hydrogen (secondary N) is 1. The van der Waals surface area contributed by atoms with E-state index < -0.39 is 11.8 Å². The van der Waals surface area contributed by atoms with Crippen molar-refractivity contribution in [1.82, 2.24) is 0 Å². The molecule has 3 aromatic carbocycles. The summed E-state index contributed by atoms with van der Waals surface area (Å²) in [4.78, 5) is 28.0. The third kappa shape index (κ3) is 3.78. The maximum absolute atomic E-state index is 13.5. The zero-order valence-corrected chi connectivity index (χ0v) is 18.3. The van der Waals surface area contributed by atoms with Gasteiger partial charge in [-0.25, -0.2) is 4.90 Å². The van der Waals surface area contributed by atoms with Crippen LogP contribution in [0.2, 0.25) is 10.0 Å². The van der Waals surface area contributed by atoms with Crippen LogP contribution in [0.4, 0.5) is 11.4 Å². The van der Waals surface area contributed by atoms with Gasteiger partial charge in [0.05, 0.1) is 23.4 Å². The van der Waals surface area contributed by atoms with Gasteiger partial charge in [-0.1, -0.05) is 53.5 Å². The number of para-hydroxylation sites is 1. The van der Waals surface area contributed by atoms with E-state index in [2.05, 4.69) is 5.32 Å². The summed E-state index contributed by atoms with van der Waals surface area (Å²) in [6.45, 7) is 1.84. The van der Waals surface area contributed by atoms with Crippen LogP contribution in [-0.2, 0) is 9.59 Å². The molecule has 1 aliphatic heterocycles. The van der Waals surface area contributed by atoms with E-state index in [0.29, 0.717) is 32.7 Å². The number of anilines is 2. The van der Waals surface area contributed by atoms with E-state index in [4.69, 9.17) is 27.9 Å². The Kier molecular flexibility index (Phi) is 5.72. The van der Waals surface area contributed by atoms with Gasteiger partial charge in [-0.3, -0.25) is 9.59 Å². The molecule has 0 unspecified atom stereocenters. The molecule has 0 atom stereocenters. The molecule has 1 heterocycles. The van der Waals surface area contributed by atoms with E-state index in [1.54, 1.807) is 73.8 Å². The van der Waals surface area contributed by atoms with Crippen LogP contribution >= 0.6 is 23.2 Å². The number of methoxy groups -OCH3 is 1. The number of carbonyl (C=O) groups excluding carboxylic acids is 2. The van der Waals surface area contributed by atoms with E-state index in [1.807, 2.05) is 6.92 Å². The molecule has 0 bridgehead atoms. The Bertz CT molecular complexity index is 1220. The second kappa shape index (κ2) is 8.46. The number of rotatable bonds is 5. The van der Waals surface area contributed by atoms with Gasteiger partial charge >= 0.3 is 0 Å². The predicted octanol–water partition coefficient (Wildman–Crippen LogP) is 5.71. The lowest BCUT2D eigenvalue weighted by atomic mass is 10.0. The fourth-order valence-corrected chi connectivity index (χ4v) is 3.80. The number of amides is 2. The smallest absolute Gasteiger partial charge is 0.282 e. The molecule has 7 heteroatoms. The molecule has 2 amide bonds. The number of nitrogens with zero attached hydrogens (tertiary/aromatic N) is 1. The average molecular weight is 453 g/mol. The maximum atomic E-state index is 13.5. The molecule has 5 nitrogen and oxygen atoms in total. The van der Waals surface area contributed by atoms with Crippen LogP contribution in [0, 0.1) is 6.92 Å². The first-order valence-electron chi connectivity index (χ1n) is 9.46. The largest absolute Gasteiger partial charge is 0.497 e. The SMILES string of the molecule is COc1ccc(C2=C(Nc3cccc(Cl)c3C)C(=O)N(c3ccccc3Cl)C2=O)cc1. The summed E-state index contributed by atoms with van der Waals surface area (Å²) < 4.78 is 5.21. The summed E-state index contributed by atoms with van der Waals surface area (Å²) in [5.74, 6) is -0.321. The molecule has 0 spiro atoms. The summed E-state index contributed by atoms with van der Waals surface area (Å²) in [5.41, 5.74) is 2.70. The Balaban J connectivity index is 1.86. The number of imide groups is 1. The minimum atomic E-state index is -0.497. The van der Waals surface area contributed by atoms with Crippen molar-refractivity contribution in [3.63, 3.8) is 0 Å². The number of ether oxygens (including phenoxy) is 1. The fourth-order valence-electron chi connectivity index (χ4n) is 3.40. The van der Waals surface area contributed by atoms with E-state index in [9.17, 15) is 9.59 Å². The van der Waals surface area contributed by atoms with Gasteiger partial charge in [0, 0.05) is 10.7 Å². The molecule has 0 fully saturated rings. The number of halogens is 2. The zero-order valence-electron chi connectivity index (χ0n) is 16.8. The molecular weight excluding hydrogens is 435 g/mol. The van der Waals surface area contributed by atoms with Crippen LogP contribution in [0.15, 0.2) is 72.4 Å². The Morgan fingerprint density at radius 3 is 2.19 bits per heavy atom. The Morgan fingerprint density at radius 2 is 1.52 bits per heavy atom. The van der Waals surface area contributed by atoms with Crippen molar-refractivity contribution in [3.05, 3.63) is 93.6 Å². The highest BCUT2D eigenvalue weighted by Gasteiger charge is 2.41. The van der Waals surface area contributed by atoms with Gasteiger partial charge < -0.3 is 10.1 Å². The molecule has 156 valence electrons. The molecule has 0 aromatic heterocycles. The number of benzene rings is 3. The molecule has 3 aromatic rings. The molecule has 0 radical (unpaired) electrons. The van der Waals surface area contributed by atoms with Crippen LogP contribution < -0.4 is 15.0 Å². The highest BCUT2D eigenvalue weighted by Crippen LogP contribution is 2.37. The van der Waals surface area contributed by atoms with Gasteiger partial charge in [0.2, 0.25) is 0 Å². The normalized spacial score (nSPS) is 13.7. The molecule has 1 aliphatic rings. The molecule has 1 N–H and O–H groups in total. The molecule has 0 saturated heterocycles. The predicted molar refractivity (Wildman–Crippen MR) is 124 cm³/mol. The summed E-state index contributed by atoms with van der Waals surface area (Å²) in [6.07, 6.45) is 0. The van der Waals surface area contributed by atoms with Crippen molar-refractivity contribution >= 4 is 52.0 Å². The van der Waals surface area contributed by atoms with Crippen LogP contribution in [0.3, 0.4) is 0 Å². The van der Waals surface area contributed by atoms with Crippen LogP contribution in [-0.4, -0.2) is 18.9 Å². The second-order valence-corrected chi connectivity index (χ2v) is 7.73. The van der Waals surface area contributed by atoms with Crippen LogP contribution in [0.5, 0.6) is 5.75 Å². The third-order valence-electron chi connectivity index (χ3n) is 5.08. The van der Waals surface area contributed by atoms with Crippen LogP contribution in [0.1, 0.15) is 11.1 Å².